The lowest BCUT2D eigenvalue weighted by Crippen LogP contribution is -2.48. The summed E-state index contributed by atoms with van der Waals surface area (Å²) in [6.45, 7) is 4.18. The first-order chi connectivity index (χ1) is 9.61. The van der Waals surface area contributed by atoms with Crippen LogP contribution in [-0.2, 0) is 10.0 Å². The Bertz CT molecular complexity index is 637. The van der Waals surface area contributed by atoms with Crippen LogP contribution in [0.15, 0.2) is 24.3 Å². The van der Waals surface area contributed by atoms with Gasteiger partial charge in [0.2, 0.25) is 10.0 Å². The number of amides is 1. The quantitative estimate of drug-likeness (QED) is 0.873. The first-order valence-electron chi connectivity index (χ1n) is 6.69. The fourth-order valence-corrected chi connectivity index (χ4v) is 3.05. The number of hydrogen-bond donors (Lipinski definition) is 2. The normalized spacial score (nSPS) is 21.3. The van der Waals surface area contributed by atoms with E-state index in [2.05, 4.69) is 4.72 Å². The van der Waals surface area contributed by atoms with Crippen LogP contribution >= 0.6 is 0 Å². The second-order valence-corrected chi connectivity index (χ2v) is 7.61. The number of nitrogens with one attached hydrogen (secondary N) is 1. The summed E-state index contributed by atoms with van der Waals surface area (Å²) < 4.78 is 24.6. The predicted octanol–water partition coefficient (Wildman–Crippen LogP) is 1.04. The summed E-state index contributed by atoms with van der Waals surface area (Å²) in [7, 11) is -3.33. The molecule has 1 aliphatic rings. The van der Waals surface area contributed by atoms with Crippen LogP contribution in [0.4, 0.5) is 5.69 Å². The first-order valence-corrected chi connectivity index (χ1v) is 8.58. The summed E-state index contributed by atoms with van der Waals surface area (Å²) in [5, 5.41) is 9.92. The van der Waals surface area contributed by atoms with Crippen LogP contribution < -0.4 is 4.72 Å². The molecule has 7 heteroatoms. The van der Waals surface area contributed by atoms with Gasteiger partial charge in [0.1, 0.15) is 0 Å². The van der Waals surface area contributed by atoms with Crippen molar-refractivity contribution in [2.75, 3.05) is 17.5 Å². The molecule has 0 radical (unpaired) electrons. The molecule has 116 valence electrons. The number of carbonyl (C=O) groups excluding carboxylic acids is 1. The fourth-order valence-electron chi connectivity index (χ4n) is 2.49. The molecule has 0 saturated carbocycles. The largest absolute Gasteiger partial charge is 0.391 e. The Balaban J connectivity index is 2.18. The van der Waals surface area contributed by atoms with Crippen LogP contribution in [0.5, 0.6) is 0 Å². The molecule has 0 spiro atoms. The van der Waals surface area contributed by atoms with E-state index in [1.165, 1.54) is 0 Å². The second-order valence-electron chi connectivity index (χ2n) is 5.87. The molecule has 1 atom stereocenters. The molecule has 6 nitrogen and oxygen atoms in total. The van der Waals surface area contributed by atoms with Crippen LogP contribution in [-0.4, -0.2) is 48.8 Å². The second kappa shape index (κ2) is 5.31. The highest BCUT2D eigenvalue weighted by Gasteiger charge is 2.42. The van der Waals surface area contributed by atoms with Gasteiger partial charge in [0.05, 0.1) is 17.9 Å². The molecule has 1 unspecified atom stereocenters. The minimum absolute atomic E-state index is 0.164. The number of likely N-dealkylation sites (tertiary alicyclic amines) is 1. The van der Waals surface area contributed by atoms with E-state index in [9.17, 15) is 18.3 Å². The maximum Gasteiger partial charge on any atom is 0.254 e. The Kier molecular flexibility index (Phi) is 3.99. The third-order valence-electron chi connectivity index (χ3n) is 3.82. The molecule has 1 amide bonds. The monoisotopic (exact) mass is 312 g/mol. The number of benzene rings is 1. The number of carbonyl (C=O) groups is 1. The minimum atomic E-state index is -3.33. The number of anilines is 1. The molecule has 0 aliphatic carbocycles. The van der Waals surface area contributed by atoms with E-state index in [4.69, 9.17) is 0 Å². The number of aliphatic hydroxyl groups excluding tert-OH is 1. The van der Waals surface area contributed by atoms with Crippen molar-refractivity contribution in [3.05, 3.63) is 29.8 Å². The van der Waals surface area contributed by atoms with Crippen LogP contribution in [0.25, 0.3) is 0 Å². The van der Waals surface area contributed by atoms with Crippen molar-refractivity contribution in [3.8, 4) is 0 Å². The lowest BCUT2D eigenvalue weighted by molar-refractivity contribution is 0.0394. The van der Waals surface area contributed by atoms with E-state index in [-0.39, 0.29) is 5.91 Å². The summed E-state index contributed by atoms with van der Waals surface area (Å²) >= 11 is 0. The topological polar surface area (TPSA) is 86.7 Å². The number of hydrogen-bond acceptors (Lipinski definition) is 4. The molecular formula is C14H20N2O4S. The average Bonchev–Trinajstić information content (AvgIpc) is 2.62. The van der Waals surface area contributed by atoms with E-state index in [1.807, 2.05) is 13.8 Å². The van der Waals surface area contributed by atoms with Gasteiger partial charge < -0.3 is 10.0 Å². The van der Waals surface area contributed by atoms with Gasteiger partial charge in [-0.15, -0.1) is 0 Å². The van der Waals surface area contributed by atoms with Crippen molar-refractivity contribution in [1.82, 2.24) is 4.90 Å². The lowest BCUT2D eigenvalue weighted by atomic mass is 9.98. The molecule has 1 fully saturated rings. The molecule has 1 aliphatic heterocycles. The summed E-state index contributed by atoms with van der Waals surface area (Å²) in [5.41, 5.74) is 0.284. The third-order valence-corrected chi connectivity index (χ3v) is 4.42. The zero-order chi connectivity index (χ0) is 15.8. The van der Waals surface area contributed by atoms with Gasteiger partial charge in [0.15, 0.2) is 0 Å². The van der Waals surface area contributed by atoms with E-state index >= 15 is 0 Å². The van der Waals surface area contributed by atoms with E-state index in [0.717, 1.165) is 6.26 Å². The van der Waals surface area contributed by atoms with Crippen molar-refractivity contribution < 1.29 is 18.3 Å². The minimum Gasteiger partial charge on any atom is -0.391 e. The predicted molar refractivity (Wildman–Crippen MR) is 80.6 cm³/mol. The van der Waals surface area contributed by atoms with Crippen LogP contribution in [0.1, 0.15) is 30.6 Å². The summed E-state index contributed by atoms with van der Waals surface area (Å²) in [6, 6.07) is 6.26. The molecule has 1 aromatic carbocycles. The average molecular weight is 312 g/mol. The van der Waals surface area contributed by atoms with Gasteiger partial charge in [-0.05, 0) is 44.5 Å². The van der Waals surface area contributed by atoms with Gasteiger partial charge in [-0.1, -0.05) is 0 Å². The van der Waals surface area contributed by atoms with Gasteiger partial charge in [-0.25, -0.2) is 8.42 Å². The Hall–Kier alpha value is -1.60. The number of aliphatic hydroxyl groups is 1. The zero-order valence-electron chi connectivity index (χ0n) is 12.3. The third kappa shape index (κ3) is 3.36. The first kappa shape index (κ1) is 15.8. The molecular weight excluding hydrogens is 292 g/mol. The number of nitrogens with zero attached hydrogens (tertiary/aromatic N) is 1. The summed E-state index contributed by atoms with van der Waals surface area (Å²) in [4.78, 5) is 14.1. The molecule has 1 saturated heterocycles. The Morgan fingerprint density at radius 3 is 2.33 bits per heavy atom. The van der Waals surface area contributed by atoms with Gasteiger partial charge in [0.25, 0.3) is 5.91 Å². The molecule has 2 rings (SSSR count). The smallest absolute Gasteiger partial charge is 0.254 e. The van der Waals surface area contributed by atoms with Crippen molar-refractivity contribution in [3.63, 3.8) is 0 Å². The van der Waals surface area contributed by atoms with E-state index < -0.39 is 21.7 Å². The zero-order valence-corrected chi connectivity index (χ0v) is 13.1. The molecule has 1 aromatic rings. The van der Waals surface area contributed by atoms with Crippen molar-refractivity contribution in [1.29, 1.82) is 0 Å². The fraction of sp³-hybridized carbons (Fsp3) is 0.500. The highest BCUT2D eigenvalue weighted by Crippen LogP contribution is 2.30. The number of rotatable bonds is 3. The number of sulfonamides is 1. The van der Waals surface area contributed by atoms with Gasteiger partial charge >= 0.3 is 0 Å². The Morgan fingerprint density at radius 1 is 1.33 bits per heavy atom. The Labute approximate surface area is 124 Å². The SMILES string of the molecule is CC1(C)C(O)CCN1C(=O)c1ccc(NS(C)(=O)=O)cc1. The van der Waals surface area contributed by atoms with Gasteiger partial charge in [-0.3, -0.25) is 9.52 Å². The van der Waals surface area contributed by atoms with Crippen molar-refractivity contribution in [2.45, 2.75) is 31.9 Å². The molecule has 1 heterocycles. The van der Waals surface area contributed by atoms with Gasteiger partial charge in [-0.2, -0.15) is 0 Å². The van der Waals surface area contributed by atoms with Crippen molar-refractivity contribution >= 4 is 21.6 Å². The molecule has 0 bridgehead atoms. The van der Waals surface area contributed by atoms with Crippen molar-refractivity contribution in [2.24, 2.45) is 0 Å². The van der Waals surface area contributed by atoms with Crippen LogP contribution in [0, 0.1) is 0 Å². The van der Waals surface area contributed by atoms with E-state index in [1.54, 1.807) is 29.2 Å². The molecule has 21 heavy (non-hydrogen) atoms. The standard InChI is InChI=1S/C14H20N2O4S/c1-14(2)12(17)8-9-16(14)13(18)10-4-6-11(7-5-10)15-21(3,19)20/h4-7,12,15,17H,8-9H2,1-3H3. The highest BCUT2D eigenvalue weighted by atomic mass is 32.2. The summed E-state index contributed by atoms with van der Waals surface area (Å²) in [6.07, 6.45) is 1.10. The van der Waals surface area contributed by atoms with Crippen LogP contribution in [0.3, 0.4) is 0 Å². The highest BCUT2D eigenvalue weighted by molar-refractivity contribution is 7.92. The maximum atomic E-state index is 12.5. The van der Waals surface area contributed by atoms with E-state index in [0.29, 0.717) is 24.2 Å². The lowest BCUT2D eigenvalue weighted by Gasteiger charge is -2.33. The molecule has 2 N–H and O–H groups in total. The maximum absolute atomic E-state index is 12.5. The molecule has 0 aromatic heterocycles. The van der Waals surface area contributed by atoms with Crippen LogP contribution in [0.2, 0.25) is 0 Å². The summed E-state index contributed by atoms with van der Waals surface area (Å²) in [5.74, 6) is -0.164. The Morgan fingerprint density at radius 2 is 1.90 bits per heavy atom. The van der Waals surface area contributed by atoms with Gasteiger partial charge in [0, 0.05) is 17.8 Å².